The highest BCUT2D eigenvalue weighted by molar-refractivity contribution is 7.99. The first-order chi connectivity index (χ1) is 6.58. The van der Waals surface area contributed by atoms with Crippen LogP contribution in [0.3, 0.4) is 0 Å². The third-order valence-electron chi connectivity index (χ3n) is 3.39. The van der Waals surface area contributed by atoms with Gasteiger partial charge in [-0.2, -0.15) is 11.8 Å². The largest absolute Gasteiger partial charge is 0.329 e. The second-order valence-corrected chi connectivity index (χ2v) is 5.64. The Morgan fingerprint density at radius 3 is 2.79 bits per heavy atom. The molecule has 80 valence electrons. The summed E-state index contributed by atoms with van der Waals surface area (Å²) >= 11 is 1.97. The lowest BCUT2D eigenvalue weighted by Gasteiger charge is -2.49. The number of nitrogens with two attached hydrogens (primary N) is 1. The van der Waals surface area contributed by atoms with E-state index >= 15 is 0 Å². The van der Waals surface area contributed by atoms with Crippen LogP contribution in [0.1, 0.15) is 20.3 Å². The Bertz CT molecular complexity index is 232. The first kappa shape index (κ1) is 11.9. The van der Waals surface area contributed by atoms with E-state index in [1.807, 2.05) is 11.8 Å². The fourth-order valence-electron chi connectivity index (χ4n) is 1.93. The van der Waals surface area contributed by atoms with Crippen molar-refractivity contribution in [3.8, 4) is 12.3 Å². The van der Waals surface area contributed by atoms with E-state index in [9.17, 15) is 0 Å². The number of hydrogen-bond acceptors (Lipinski definition) is 3. The average molecular weight is 212 g/mol. The lowest BCUT2D eigenvalue weighted by atomic mass is 9.71. The zero-order valence-electron chi connectivity index (χ0n) is 9.10. The number of rotatable bonds is 3. The van der Waals surface area contributed by atoms with Gasteiger partial charge in [0.15, 0.2) is 0 Å². The Labute approximate surface area is 91.4 Å². The molecule has 1 unspecified atom stereocenters. The van der Waals surface area contributed by atoms with Crippen molar-refractivity contribution >= 4 is 11.8 Å². The van der Waals surface area contributed by atoms with E-state index in [4.69, 9.17) is 12.2 Å². The summed E-state index contributed by atoms with van der Waals surface area (Å²) in [5.74, 6) is 4.93. The van der Waals surface area contributed by atoms with E-state index in [1.54, 1.807) is 0 Å². The van der Waals surface area contributed by atoms with Gasteiger partial charge in [-0.3, -0.25) is 5.32 Å². The van der Waals surface area contributed by atoms with Gasteiger partial charge in [0.1, 0.15) is 0 Å². The van der Waals surface area contributed by atoms with Gasteiger partial charge in [0.2, 0.25) is 0 Å². The quantitative estimate of drug-likeness (QED) is 0.687. The molecule has 1 aliphatic rings. The van der Waals surface area contributed by atoms with Gasteiger partial charge in [-0.25, -0.2) is 0 Å². The van der Waals surface area contributed by atoms with Gasteiger partial charge < -0.3 is 5.73 Å². The van der Waals surface area contributed by atoms with Crippen molar-refractivity contribution in [2.24, 2.45) is 11.1 Å². The lowest BCUT2D eigenvalue weighted by Crippen LogP contribution is -2.64. The van der Waals surface area contributed by atoms with Crippen LogP contribution in [0.2, 0.25) is 0 Å². The lowest BCUT2D eigenvalue weighted by molar-refractivity contribution is 0.142. The van der Waals surface area contributed by atoms with Gasteiger partial charge >= 0.3 is 0 Å². The molecule has 14 heavy (non-hydrogen) atoms. The van der Waals surface area contributed by atoms with Gasteiger partial charge in [-0.05, 0) is 17.6 Å². The molecule has 3 N–H and O–H groups in total. The van der Waals surface area contributed by atoms with Crippen LogP contribution in [0.4, 0.5) is 0 Å². The van der Waals surface area contributed by atoms with Gasteiger partial charge in [0.05, 0.1) is 6.54 Å². The molecule has 0 saturated carbocycles. The normalized spacial score (nSPS) is 31.0. The maximum atomic E-state index is 5.91. The molecule has 1 fully saturated rings. The number of hydrogen-bond donors (Lipinski definition) is 2. The molecule has 0 aromatic rings. The second kappa shape index (κ2) is 4.57. The minimum Gasteiger partial charge on any atom is -0.329 e. The van der Waals surface area contributed by atoms with Crippen molar-refractivity contribution in [1.82, 2.24) is 5.32 Å². The highest BCUT2D eigenvalue weighted by Gasteiger charge is 2.45. The first-order valence-corrected chi connectivity index (χ1v) is 6.20. The fourth-order valence-corrected chi connectivity index (χ4v) is 3.68. The second-order valence-electron chi connectivity index (χ2n) is 4.53. The zero-order valence-corrected chi connectivity index (χ0v) is 9.91. The summed E-state index contributed by atoms with van der Waals surface area (Å²) in [6, 6.07) is 0. The predicted octanol–water partition coefficient (Wildman–Crippen LogP) is 1.07. The summed E-state index contributed by atoms with van der Waals surface area (Å²) < 4.78 is 0. The zero-order chi connectivity index (χ0) is 10.7. The third kappa shape index (κ3) is 2.08. The topological polar surface area (TPSA) is 38.0 Å². The van der Waals surface area contributed by atoms with Crippen LogP contribution in [0.5, 0.6) is 0 Å². The Morgan fingerprint density at radius 1 is 1.57 bits per heavy atom. The number of terminal acetylenes is 1. The molecule has 1 heterocycles. The van der Waals surface area contributed by atoms with Gasteiger partial charge in [-0.15, -0.1) is 6.42 Å². The fraction of sp³-hybridized carbons (Fsp3) is 0.818. The van der Waals surface area contributed by atoms with Crippen LogP contribution in [-0.4, -0.2) is 30.1 Å². The SMILES string of the molecule is C#CCNC1(CN)CSCCC1(C)C. The smallest absolute Gasteiger partial charge is 0.0578 e. The van der Waals surface area contributed by atoms with Crippen LogP contribution in [0.25, 0.3) is 0 Å². The molecule has 1 aliphatic heterocycles. The highest BCUT2D eigenvalue weighted by atomic mass is 32.2. The predicted molar refractivity (Wildman–Crippen MR) is 64.3 cm³/mol. The summed E-state index contributed by atoms with van der Waals surface area (Å²) in [5.41, 5.74) is 6.17. The van der Waals surface area contributed by atoms with Crippen molar-refractivity contribution in [2.75, 3.05) is 24.6 Å². The molecule has 0 spiro atoms. The van der Waals surface area contributed by atoms with E-state index in [0.717, 1.165) is 5.75 Å². The van der Waals surface area contributed by atoms with E-state index in [0.29, 0.717) is 13.1 Å². The molecule has 0 aliphatic carbocycles. The van der Waals surface area contributed by atoms with Crippen LogP contribution in [-0.2, 0) is 0 Å². The van der Waals surface area contributed by atoms with Crippen LogP contribution < -0.4 is 11.1 Å². The van der Waals surface area contributed by atoms with Crippen LogP contribution in [0.15, 0.2) is 0 Å². The monoisotopic (exact) mass is 212 g/mol. The van der Waals surface area contributed by atoms with E-state index < -0.39 is 0 Å². The molecule has 3 heteroatoms. The third-order valence-corrected chi connectivity index (χ3v) is 4.58. The maximum absolute atomic E-state index is 5.91. The Kier molecular flexibility index (Phi) is 3.88. The Balaban J connectivity index is 2.78. The van der Waals surface area contributed by atoms with Crippen molar-refractivity contribution in [2.45, 2.75) is 25.8 Å². The number of nitrogens with one attached hydrogen (secondary N) is 1. The van der Waals surface area contributed by atoms with Crippen LogP contribution in [0, 0.1) is 17.8 Å². The summed E-state index contributed by atoms with van der Waals surface area (Å²) in [6.45, 7) is 5.84. The van der Waals surface area contributed by atoms with Crippen molar-refractivity contribution in [1.29, 1.82) is 0 Å². The average Bonchev–Trinajstić information content (AvgIpc) is 2.16. The summed E-state index contributed by atoms with van der Waals surface area (Å²) in [6.07, 6.45) is 6.49. The standard InChI is InChI=1S/C11H20N2S/c1-4-6-13-11(8-12)9-14-7-5-10(11,2)3/h1,13H,5-9,12H2,2-3H3. The van der Waals surface area contributed by atoms with Crippen molar-refractivity contribution in [3.63, 3.8) is 0 Å². The van der Waals surface area contributed by atoms with Gasteiger partial charge in [0.25, 0.3) is 0 Å². The molecule has 2 nitrogen and oxygen atoms in total. The highest BCUT2D eigenvalue weighted by Crippen LogP contribution is 2.41. The van der Waals surface area contributed by atoms with Crippen LogP contribution >= 0.6 is 11.8 Å². The molecule has 1 atom stereocenters. The summed E-state index contributed by atoms with van der Waals surface area (Å²) in [4.78, 5) is 0. The molecular formula is C11H20N2S. The van der Waals surface area contributed by atoms with Gasteiger partial charge in [0, 0.05) is 17.8 Å². The summed E-state index contributed by atoms with van der Waals surface area (Å²) in [5, 5.41) is 3.44. The number of thioether (sulfide) groups is 1. The molecule has 0 amide bonds. The molecule has 0 radical (unpaired) electrons. The Hall–Kier alpha value is -0.170. The first-order valence-electron chi connectivity index (χ1n) is 5.04. The minimum absolute atomic E-state index is 0.0162. The Morgan fingerprint density at radius 2 is 2.29 bits per heavy atom. The minimum atomic E-state index is 0.0162. The molecule has 1 saturated heterocycles. The van der Waals surface area contributed by atoms with Crippen molar-refractivity contribution < 1.29 is 0 Å². The van der Waals surface area contributed by atoms with E-state index in [2.05, 4.69) is 25.1 Å². The summed E-state index contributed by atoms with van der Waals surface area (Å²) in [7, 11) is 0. The van der Waals surface area contributed by atoms with Crippen molar-refractivity contribution in [3.05, 3.63) is 0 Å². The molecule has 0 bridgehead atoms. The van der Waals surface area contributed by atoms with E-state index in [-0.39, 0.29) is 11.0 Å². The molecule has 0 aromatic heterocycles. The van der Waals surface area contributed by atoms with Gasteiger partial charge in [-0.1, -0.05) is 19.8 Å². The van der Waals surface area contributed by atoms with E-state index in [1.165, 1.54) is 12.2 Å². The maximum Gasteiger partial charge on any atom is 0.0578 e. The molecule has 1 rings (SSSR count). The molecule has 0 aromatic carbocycles. The molecular weight excluding hydrogens is 192 g/mol.